The molecular formula is C23H26BrClN2O3S. The SMILES string of the molecule is O=C(CN(Cc1ccc(Br)cc1)S(=O)(=O)c1ccc(Cl)cc1)NCCC1=CCCCC1. The number of benzene rings is 2. The number of hydrogen-bond acceptors (Lipinski definition) is 3. The van der Waals surface area contributed by atoms with Gasteiger partial charge >= 0.3 is 0 Å². The summed E-state index contributed by atoms with van der Waals surface area (Å²) in [7, 11) is -3.88. The molecule has 1 aliphatic carbocycles. The van der Waals surface area contributed by atoms with Gasteiger partial charge < -0.3 is 5.32 Å². The fourth-order valence-electron chi connectivity index (χ4n) is 3.49. The van der Waals surface area contributed by atoms with Gasteiger partial charge in [-0.15, -0.1) is 0 Å². The number of nitrogens with one attached hydrogen (secondary N) is 1. The Labute approximate surface area is 197 Å². The number of sulfonamides is 1. The van der Waals surface area contributed by atoms with Crippen molar-refractivity contribution in [2.75, 3.05) is 13.1 Å². The third-order valence-electron chi connectivity index (χ3n) is 5.20. The molecule has 0 aliphatic heterocycles. The lowest BCUT2D eigenvalue weighted by Gasteiger charge is -2.22. The topological polar surface area (TPSA) is 66.5 Å². The van der Waals surface area contributed by atoms with Crippen LogP contribution in [0, 0.1) is 0 Å². The van der Waals surface area contributed by atoms with Crippen LogP contribution in [0.15, 0.2) is 69.5 Å². The van der Waals surface area contributed by atoms with Gasteiger partial charge in [0.1, 0.15) is 0 Å². The third kappa shape index (κ3) is 7.17. The molecule has 2 aromatic rings. The van der Waals surface area contributed by atoms with Crippen molar-refractivity contribution in [2.45, 2.75) is 43.5 Å². The summed E-state index contributed by atoms with van der Waals surface area (Å²) in [6.45, 7) is 0.356. The second-order valence-electron chi connectivity index (χ2n) is 7.56. The van der Waals surface area contributed by atoms with Gasteiger partial charge in [0.15, 0.2) is 0 Å². The Hall–Kier alpha value is -1.67. The molecule has 0 saturated heterocycles. The molecule has 0 unspecified atom stereocenters. The lowest BCUT2D eigenvalue weighted by molar-refractivity contribution is -0.121. The van der Waals surface area contributed by atoms with E-state index >= 15 is 0 Å². The Morgan fingerprint density at radius 3 is 2.42 bits per heavy atom. The standard InChI is InChI=1S/C23H26BrClN2O3S/c24-20-8-6-19(7-9-20)16-27(31(29,30)22-12-10-21(25)11-13-22)17-23(28)26-15-14-18-4-2-1-3-5-18/h4,6-13H,1-3,5,14-17H2,(H,26,28). The van der Waals surface area contributed by atoms with Crippen molar-refractivity contribution < 1.29 is 13.2 Å². The number of carbonyl (C=O) groups is 1. The molecule has 0 spiro atoms. The molecule has 0 aromatic heterocycles. The maximum absolute atomic E-state index is 13.3. The highest BCUT2D eigenvalue weighted by atomic mass is 79.9. The van der Waals surface area contributed by atoms with Crippen LogP contribution in [0.4, 0.5) is 0 Å². The Kier molecular flexibility index (Phi) is 8.72. The van der Waals surface area contributed by atoms with Crippen LogP contribution >= 0.6 is 27.5 Å². The summed E-state index contributed by atoms with van der Waals surface area (Å²) in [5.41, 5.74) is 2.16. The van der Waals surface area contributed by atoms with Crippen LogP contribution in [0.5, 0.6) is 0 Å². The molecule has 0 radical (unpaired) electrons. The van der Waals surface area contributed by atoms with E-state index in [1.807, 2.05) is 24.3 Å². The minimum atomic E-state index is -3.88. The fourth-order valence-corrected chi connectivity index (χ4v) is 5.26. The lowest BCUT2D eigenvalue weighted by atomic mass is 9.97. The zero-order chi connectivity index (χ0) is 22.3. The molecule has 166 valence electrons. The van der Waals surface area contributed by atoms with Gasteiger partial charge in [-0.3, -0.25) is 4.79 Å². The van der Waals surface area contributed by atoms with E-state index in [1.54, 1.807) is 0 Å². The fraction of sp³-hybridized carbons (Fsp3) is 0.348. The van der Waals surface area contributed by atoms with E-state index in [1.165, 1.54) is 47.0 Å². The van der Waals surface area contributed by atoms with E-state index in [0.717, 1.165) is 29.3 Å². The number of hydrogen-bond donors (Lipinski definition) is 1. The van der Waals surface area contributed by atoms with Crippen molar-refractivity contribution in [2.24, 2.45) is 0 Å². The Morgan fingerprint density at radius 2 is 1.77 bits per heavy atom. The molecule has 0 heterocycles. The molecule has 31 heavy (non-hydrogen) atoms. The zero-order valence-electron chi connectivity index (χ0n) is 17.2. The predicted molar refractivity (Wildman–Crippen MR) is 127 cm³/mol. The number of amides is 1. The van der Waals surface area contributed by atoms with Crippen molar-refractivity contribution in [3.8, 4) is 0 Å². The summed E-state index contributed by atoms with van der Waals surface area (Å²) in [6, 6.07) is 13.3. The number of halogens is 2. The van der Waals surface area contributed by atoms with Crippen molar-refractivity contribution in [3.63, 3.8) is 0 Å². The van der Waals surface area contributed by atoms with Crippen LogP contribution in [0.1, 0.15) is 37.7 Å². The van der Waals surface area contributed by atoms with Crippen LogP contribution in [0.25, 0.3) is 0 Å². The zero-order valence-corrected chi connectivity index (χ0v) is 20.3. The molecular weight excluding hydrogens is 500 g/mol. The first-order valence-corrected chi connectivity index (χ1v) is 12.9. The average Bonchev–Trinajstić information content (AvgIpc) is 2.76. The van der Waals surface area contributed by atoms with Crippen molar-refractivity contribution in [3.05, 3.63) is 75.2 Å². The minimum absolute atomic E-state index is 0.0941. The summed E-state index contributed by atoms with van der Waals surface area (Å²) in [5.74, 6) is -0.314. The summed E-state index contributed by atoms with van der Waals surface area (Å²) >= 11 is 9.29. The maximum Gasteiger partial charge on any atom is 0.243 e. The quantitative estimate of drug-likeness (QED) is 0.452. The third-order valence-corrected chi connectivity index (χ3v) is 7.78. The van der Waals surface area contributed by atoms with E-state index in [2.05, 4.69) is 27.3 Å². The van der Waals surface area contributed by atoms with Gasteiger partial charge in [-0.2, -0.15) is 4.31 Å². The second kappa shape index (κ2) is 11.3. The van der Waals surface area contributed by atoms with Gasteiger partial charge in [0.05, 0.1) is 11.4 Å². The van der Waals surface area contributed by atoms with E-state index in [4.69, 9.17) is 11.6 Å². The molecule has 0 saturated carbocycles. The first-order chi connectivity index (χ1) is 14.8. The first kappa shape index (κ1) is 24.0. The van der Waals surface area contributed by atoms with Crippen LogP contribution in [-0.2, 0) is 21.4 Å². The van der Waals surface area contributed by atoms with E-state index < -0.39 is 10.0 Å². The Bertz CT molecular complexity index is 1020. The largest absolute Gasteiger partial charge is 0.355 e. The molecule has 0 atom stereocenters. The summed E-state index contributed by atoms with van der Waals surface area (Å²) < 4.78 is 28.6. The normalized spacial score (nSPS) is 14.4. The molecule has 1 amide bonds. The van der Waals surface area contributed by atoms with Gasteiger partial charge in [-0.05, 0) is 74.1 Å². The highest BCUT2D eigenvalue weighted by Gasteiger charge is 2.27. The Balaban J connectivity index is 1.71. The minimum Gasteiger partial charge on any atom is -0.355 e. The highest BCUT2D eigenvalue weighted by Crippen LogP contribution is 2.22. The van der Waals surface area contributed by atoms with E-state index in [-0.39, 0.29) is 23.9 Å². The monoisotopic (exact) mass is 524 g/mol. The van der Waals surface area contributed by atoms with Gasteiger partial charge in [-0.1, -0.05) is 51.3 Å². The number of allylic oxidation sites excluding steroid dienone is 1. The summed E-state index contributed by atoms with van der Waals surface area (Å²) in [5, 5.41) is 3.33. The first-order valence-electron chi connectivity index (χ1n) is 10.3. The van der Waals surface area contributed by atoms with Crippen molar-refractivity contribution in [1.82, 2.24) is 9.62 Å². The van der Waals surface area contributed by atoms with E-state index in [9.17, 15) is 13.2 Å². The summed E-state index contributed by atoms with van der Waals surface area (Å²) in [6.07, 6.45) is 7.66. The van der Waals surface area contributed by atoms with Gasteiger partial charge in [0, 0.05) is 22.6 Å². The van der Waals surface area contributed by atoms with Crippen LogP contribution in [-0.4, -0.2) is 31.7 Å². The van der Waals surface area contributed by atoms with Crippen LogP contribution in [0.3, 0.4) is 0 Å². The highest BCUT2D eigenvalue weighted by molar-refractivity contribution is 9.10. The second-order valence-corrected chi connectivity index (χ2v) is 10.9. The molecule has 1 N–H and O–H groups in total. The predicted octanol–water partition coefficient (Wildman–Crippen LogP) is 5.30. The van der Waals surface area contributed by atoms with Gasteiger partial charge in [-0.25, -0.2) is 8.42 Å². The average molecular weight is 526 g/mol. The maximum atomic E-state index is 13.3. The molecule has 3 rings (SSSR count). The number of nitrogens with zero attached hydrogens (tertiary/aromatic N) is 1. The van der Waals surface area contributed by atoms with E-state index in [0.29, 0.717) is 11.6 Å². The van der Waals surface area contributed by atoms with Crippen molar-refractivity contribution >= 4 is 43.5 Å². The molecule has 5 nitrogen and oxygen atoms in total. The Morgan fingerprint density at radius 1 is 1.06 bits per heavy atom. The molecule has 0 bridgehead atoms. The van der Waals surface area contributed by atoms with Crippen LogP contribution in [0.2, 0.25) is 5.02 Å². The number of carbonyl (C=O) groups excluding carboxylic acids is 1. The molecule has 0 fully saturated rings. The smallest absolute Gasteiger partial charge is 0.243 e. The molecule has 2 aromatic carbocycles. The van der Waals surface area contributed by atoms with Gasteiger partial charge in [0.2, 0.25) is 15.9 Å². The molecule has 1 aliphatic rings. The number of rotatable bonds is 9. The lowest BCUT2D eigenvalue weighted by Crippen LogP contribution is -2.40. The van der Waals surface area contributed by atoms with Crippen molar-refractivity contribution in [1.29, 1.82) is 0 Å². The molecule has 8 heteroatoms. The van der Waals surface area contributed by atoms with Crippen LogP contribution < -0.4 is 5.32 Å². The van der Waals surface area contributed by atoms with Gasteiger partial charge in [0.25, 0.3) is 0 Å². The summed E-state index contributed by atoms with van der Waals surface area (Å²) in [4.78, 5) is 12.7.